The molecule has 3 aromatic rings. The average Bonchev–Trinajstić information content (AvgIpc) is 3.49. The highest BCUT2D eigenvalue weighted by atomic mass is 31.2. The summed E-state index contributed by atoms with van der Waals surface area (Å²) in [6.07, 6.45) is 0.767. The van der Waals surface area contributed by atoms with Gasteiger partial charge in [-0.2, -0.15) is 10.2 Å². The molecular weight excluding hydrogens is 565 g/mol. The van der Waals surface area contributed by atoms with Crippen molar-refractivity contribution in [2.75, 3.05) is 12.3 Å². The maximum atomic E-state index is 14.0. The molecule has 2 fully saturated rings. The molecule has 1 aliphatic carbocycles. The number of hydrogen-bond acceptors (Lipinski definition) is 11. The first kappa shape index (κ1) is 30.4. The third-order valence-electron chi connectivity index (χ3n) is 7.90. The van der Waals surface area contributed by atoms with Crippen molar-refractivity contribution in [3.05, 3.63) is 54.5 Å². The lowest BCUT2D eigenvalue weighted by Crippen LogP contribution is -2.45. The summed E-state index contributed by atoms with van der Waals surface area (Å²) in [6, 6.07) is 10.7. The van der Waals surface area contributed by atoms with Crippen molar-refractivity contribution in [2.45, 2.75) is 82.5 Å². The molecule has 1 saturated carbocycles. The van der Waals surface area contributed by atoms with Crippen molar-refractivity contribution < 1.29 is 38.1 Å². The number of aromatic nitrogens is 3. The van der Waals surface area contributed by atoms with Gasteiger partial charge in [-0.05, 0) is 69.7 Å². The number of benzene rings is 1. The molecule has 5 rings (SSSR count). The van der Waals surface area contributed by atoms with E-state index >= 15 is 0 Å². The number of hydrogen-bond donors (Lipinski definition) is 4. The summed E-state index contributed by atoms with van der Waals surface area (Å²) < 4.78 is 38.9. The van der Waals surface area contributed by atoms with Gasteiger partial charge in [0.1, 0.15) is 53.7 Å². The number of esters is 1. The standard InChI is InChI=1S/C28H38N5O8P/c1-17-9-11-19(12-10-17)39-27(36)18(2)32-42(37,41-20-7-5-4-6-8-20)38-15-28(3)25(35)23(34)24(40-28)21-13-14-22-26(29)30-16-31-33(21)22/h4-8,13-14,16-19,23-25,34-35H,9-12,15H2,1-3H3,(H,32,37)(H2,29,30,31)/t17?,18-,19?,23-,24-,25-,28+,42?/m0/s1. The normalized spacial score (nSPS) is 30.1. The summed E-state index contributed by atoms with van der Waals surface area (Å²) in [7, 11) is -4.25. The van der Waals surface area contributed by atoms with Gasteiger partial charge in [0.2, 0.25) is 0 Å². The molecule has 228 valence electrons. The predicted octanol–water partition coefficient (Wildman–Crippen LogP) is 3.17. The Hall–Kier alpha value is -3.06. The molecule has 1 unspecified atom stereocenters. The van der Waals surface area contributed by atoms with Crippen LogP contribution in [0.2, 0.25) is 0 Å². The van der Waals surface area contributed by atoms with E-state index in [1.807, 2.05) is 0 Å². The number of fused-ring (bicyclic) bond motifs is 1. The molecule has 2 aromatic heterocycles. The second-order valence-corrected chi connectivity index (χ2v) is 13.0. The van der Waals surface area contributed by atoms with Gasteiger partial charge in [-0.3, -0.25) is 9.32 Å². The molecule has 2 aliphatic rings. The van der Waals surface area contributed by atoms with E-state index in [-0.39, 0.29) is 17.7 Å². The van der Waals surface area contributed by atoms with Crippen molar-refractivity contribution in [1.82, 2.24) is 19.7 Å². The molecule has 1 saturated heterocycles. The van der Waals surface area contributed by atoms with Gasteiger partial charge >= 0.3 is 13.7 Å². The number of carbonyl (C=O) groups is 1. The molecule has 14 heteroatoms. The van der Waals surface area contributed by atoms with Crippen LogP contribution in [0.15, 0.2) is 48.8 Å². The zero-order valence-electron chi connectivity index (χ0n) is 23.8. The maximum Gasteiger partial charge on any atom is 0.459 e. The number of anilines is 1. The van der Waals surface area contributed by atoms with Crippen molar-refractivity contribution in [1.29, 1.82) is 0 Å². The Bertz CT molecular complexity index is 1430. The van der Waals surface area contributed by atoms with Crippen molar-refractivity contribution >= 4 is 25.1 Å². The van der Waals surface area contributed by atoms with E-state index in [9.17, 15) is 19.6 Å². The maximum absolute atomic E-state index is 14.0. The van der Waals surface area contributed by atoms with Gasteiger partial charge in [-0.1, -0.05) is 25.1 Å². The van der Waals surface area contributed by atoms with E-state index in [1.165, 1.54) is 24.7 Å². The first-order valence-corrected chi connectivity index (χ1v) is 15.6. The molecule has 0 bridgehead atoms. The zero-order valence-corrected chi connectivity index (χ0v) is 24.7. The molecular formula is C28H38N5O8P. The highest BCUT2D eigenvalue weighted by molar-refractivity contribution is 7.52. The first-order chi connectivity index (χ1) is 20.0. The molecule has 6 atom stereocenters. The van der Waals surface area contributed by atoms with Crippen molar-refractivity contribution in [3.8, 4) is 5.75 Å². The van der Waals surface area contributed by atoms with E-state index in [0.717, 1.165) is 25.7 Å². The van der Waals surface area contributed by atoms with Crippen LogP contribution in [0.25, 0.3) is 5.52 Å². The lowest BCUT2D eigenvalue weighted by atomic mass is 9.89. The topological polar surface area (TPSA) is 180 Å². The Labute approximate surface area is 243 Å². The van der Waals surface area contributed by atoms with Crippen LogP contribution in [-0.4, -0.2) is 67.3 Å². The number of nitrogens with two attached hydrogens (primary N) is 1. The molecule has 13 nitrogen and oxygen atoms in total. The summed E-state index contributed by atoms with van der Waals surface area (Å²) in [5.41, 5.74) is 5.36. The van der Waals surface area contributed by atoms with Crippen LogP contribution < -0.4 is 15.3 Å². The van der Waals surface area contributed by atoms with E-state index in [4.69, 9.17) is 24.3 Å². The minimum atomic E-state index is -4.25. The van der Waals surface area contributed by atoms with E-state index in [2.05, 4.69) is 22.1 Å². The Morgan fingerprint density at radius 1 is 1.21 bits per heavy atom. The summed E-state index contributed by atoms with van der Waals surface area (Å²) in [6.45, 7) is 4.76. The lowest BCUT2D eigenvalue weighted by Gasteiger charge is -2.31. The van der Waals surface area contributed by atoms with Crippen LogP contribution >= 0.6 is 7.75 Å². The molecule has 1 aromatic carbocycles. The van der Waals surface area contributed by atoms with Crippen LogP contribution in [0.3, 0.4) is 0 Å². The lowest BCUT2D eigenvalue weighted by molar-refractivity contribution is -0.152. The van der Waals surface area contributed by atoms with Gasteiger partial charge in [-0.25, -0.2) is 14.1 Å². The summed E-state index contributed by atoms with van der Waals surface area (Å²) >= 11 is 0. The van der Waals surface area contributed by atoms with Gasteiger partial charge in [0, 0.05) is 0 Å². The molecule has 1 aliphatic heterocycles. The van der Waals surface area contributed by atoms with Crippen LogP contribution in [0.5, 0.6) is 5.75 Å². The summed E-state index contributed by atoms with van der Waals surface area (Å²) in [5, 5.41) is 28.8. The number of nitrogens with zero attached hydrogens (tertiary/aromatic N) is 3. The molecule has 0 spiro atoms. The minimum absolute atomic E-state index is 0.196. The Morgan fingerprint density at radius 3 is 2.64 bits per heavy atom. The highest BCUT2D eigenvalue weighted by Gasteiger charge is 2.54. The van der Waals surface area contributed by atoms with Gasteiger partial charge in [0.25, 0.3) is 0 Å². The number of aliphatic hydroxyl groups is 2. The summed E-state index contributed by atoms with van der Waals surface area (Å²) in [4.78, 5) is 16.9. The number of nitrogen functional groups attached to an aromatic ring is 1. The smallest absolute Gasteiger partial charge is 0.459 e. The molecule has 3 heterocycles. The SMILES string of the molecule is CC1CCC(OC(=O)[C@H](C)NP(=O)(OC[C@@]2(C)O[C@@H](c3ccc4c(N)ncnn34)[C@H](O)[C@@H]2O)Oc2ccccc2)CC1. The van der Waals surface area contributed by atoms with Gasteiger partial charge in [0.15, 0.2) is 5.82 Å². The Morgan fingerprint density at radius 2 is 1.93 bits per heavy atom. The highest BCUT2D eigenvalue weighted by Crippen LogP contribution is 2.48. The van der Waals surface area contributed by atoms with Crippen LogP contribution in [0.4, 0.5) is 5.82 Å². The van der Waals surface area contributed by atoms with Crippen LogP contribution in [-0.2, 0) is 23.4 Å². The van der Waals surface area contributed by atoms with Gasteiger partial charge in [0.05, 0.1) is 12.3 Å². The van der Waals surface area contributed by atoms with Crippen molar-refractivity contribution in [2.24, 2.45) is 5.92 Å². The first-order valence-electron chi connectivity index (χ1n) is 14.1. The average molecular weight is 604 g/mol. The number of nitrogens with one attached hydrogen (secondary N) is 1. The molecule has 0 radical (unpaired) electrons. The third-order valence-corrected chi connectivity index (χ3v) is 9.52. The third kappa shape index (κ3) is 6.46. The quantitative estimate of drug-likeness (QED) is 0.197. The van der Waals surface area contributed by atoms with Crippen LogP contribution in [0.1, 0.15) is 58.3 Å². The molecule has 42 heavy (non-hydrogen) atoms. The number of rotatable bonds is 10. The number of para-hydroxylation sites is 1. The Balaban J connectivity index is 1.31. The minimum Gasteiger partial charge on any atom is -0.461 e. The van der Waals surface area contributed by atoms with E-state index in [1.54, 1.807) is 42.5 Å². The number of aliphatic hydroxyl groups excluding tert-OH is 2. The summed E-state index contributed by atoms with van der Waals surface area (Å²) in [5.74, 6) is 0.503. The Kier molecular flexibility index (Phi) is 8.89. The second kappa shape index (κ2) is 12.3. The second-order valence-electron chi connectivity index (χ2n) is 11.3. The fraction of sp³-hybridized carbons (Fsp3) is 0.536. The monoisotopic (exact) mass is 603 g/mol. The predicted molar refractivity (Wildman–Crippen MR) is 152 cm³/mol. The molecule has 5 N–H and O–H groups in total. The fourth-order valence-corrected chi connectivity index (χ4v) is 6.91. The van der Waals surface area contributed by atoms with E-state index in [0.29, 0.717) is 17.1 Å². The fourth-order valence-electron chi connectivity index (χ4n) is 5.33. The van der Waals surface area contributed by atoms with E-state index < -0.39 is 50.3 Å². The largest absolute Gasteiger partial charge is 0.461 e. The van der Waals surface area contributed by atoms with Crippen molar-refractivity contribution in [3.63, 3.8) is 0 Å². The van der Waals surface area contributed by atoms with Gasteiger partial charge in [-0.15, -0.1) is 0 Å². The van der Waals surface area contributed by atoms with Crippen LogP contribution in [0, 0.1) is 5.92 Å². The zero-order chi connectivity index (χ0) is 30.1. The number of carbonyl (C=O) groups excluding carboxylic acids is 1. The molecule has 0 amide bonds. The van der Waals surface area contributed by atoms with Gasteiger partial charge < -0.3 is 29.9 Å². The number of ether oxygens (including phenoxy) is 2.